The summed E-state index contributed by atoms with van der Waals surface area (Å²) in [6, 6.07) is 15.4. The minimum atomic E-state index is -8.68. The van der Waals surface area contributed by atoms with Crippen molar-refractivity contribution < 1.29 is 89.2 Å². The molecule has 51 heavy (non-hydrogen) atoms. The minimum Gasteiger partial charge on any atom is -0.497 e. The Morgan fingerprint density at radius 2 is 0.725 bits per heavy atom. The van der Waals surface area contributed by atoms with E-state index in [0.29, 0.717) is 11.5 Å². The summed E-state index contributed by atoms with van der Waals surface area (Å²) in [4.78, 5) is 0. The Morgan fingerprint density at radius 3 is 1.04 bits per heavy atom. The first-order chi connectivity index (χ1) is 23.0. The van der Waals surface area contributed by atoms with E-state index < -0.39 is 71.6 Å². The summed E-state index contributed by atoms with van der Waals surface area (Å²) < 4.78 is 241. The van der Waals surface area contributed by atoms with E-state index >= 15 is 0 Å². The molecule has 3 aromatic carbocycles. The molecule has 0 saturated carbocycles. The number of methoxy groups -OCH3 is 2. The summed E-state index contributed by atoms with van der Waals surface area (Å²) in [7, 11) is 2.70. The fourth-order valence-corrected chi connectivity index (χ4v) is 4.73. The molecule has 0 atom stereocenters. The number of rotatable bonds is 14. The fourth-order valence-electron chi connectivity index (χ4n) is 4.73. The standard InChI is InChI=1S/C31H23F17O3/c1-50-21-11-7-19(8-12-21)24(49,20-9-13-22(51-2)14-10-20)18-5-3-17(4-6-18)15-16-23(32,33)25(34,35)26(36,37)27(38,39)28(40,41)29(42,43)30(44,45)31(46,47)48/h3-14,49H,15-16H2,1-2H3. The largest absolute Gasteiger partial charge is 0.497 e. The summed E-state index contributed by atoms with van der Waals surface area (Å²) in [6.45, 7) is 0. The van der Waals surface area contributed by atoms with Crippen LogP contribution in [0.25, 0.3) is 0 Å². The van der Waals surface area contributed by atoms with Crippen LogP contribution in [-0.2, 0) is 12.0 Å². The highest BCUT2D eigenvalue weighted by atomic mass is 19.4. The zero-order valence-electron chi connectivity index (χ0n) is 25.5. The van der Waals surface area contributed by atoms with Gasteiger partial charge >= 0.3 is 47.6 Å². The molecule has 0 bridgehead atoms. The first-order valence-corrected chi connectivity index (χ1v) is 13.8. The second kappa shape index (κ2) is 13.2. The lowest BCUT2D eigenvalue weighted by molar-refractivity contribution is -0.461. The molecule has 0 spiro atoms. The monoisotopic (exact) mass is 766 g/mol. The van der Waals surface area contributed by atoms with Crippen LogP contribution >= 0.6 is 0 Å². The third kappa shape index (κ3) is 6.52. The lowest BCUT2D eigenvalue weighted by Gasteiger charge is -2.42. The van der Waals surface area contributed by atoms with Gasteiger partial charge in [-0.05, 0) is 52.9 Å². The molecule has 0 radical (unpaired) electrons. The molecule has 3 aromatic rings. The number of alkyl halides is 17. The van der Waals surface area contributed by atoms with E-state index in [4.69, 9.17) is 9.47 Å². The van der Waals surface area contributed by atoms with Crippen LogP contribution in [0.15, 0.2) is 72.8 Å². The molecule has 0 amide bonds. The van der Waals surface area contributed by atoms with Crippen molar-refractivity contribution in [1.82, 2.24) is 0 Å². The van der Waals surface area contributed by atoms with Crippen LogP contribution in [0.4, 0.5) is 74.6 Å². The smallest absolute Gasteiger partial charge is 0.460 e. The van der Waals surface area contributed by atoms with Crippen LogP contribution in [0, 0.1) is 0 Å². The van der Waals surface area contributed by atoms with Crippen LogP contribution in [0.1, 0.15) is 28.7 Å². The summed E-state index contributed by atoms with van der Waals surface area (Å²) >= 11 is 0. The molecule has 284 valence electrons. The zero-order chi connectivity index (χ0) is 39.3. The number of halogens is 17. The van der Waals surface area contributed by atoms with Crippen LogP contribution in [0.2, 0.25) is 0 Å². The topological polar surface area (TPSA) is 38.7 Å². The van der Waals surface area contributed by atoms with E-state index in [0.717, 1.165) is 24.3 Å². The highest BCUT2D eigenvalue weighted by molar-refractivity contribution is 5.49. The van der Waals surface area contributed by atoms with E-state index in [1.165, 1.54) is 62.8 Å². The molecule has 0 aromatic heterocycles. The molecule has 0 unspecified atom stereocenters. The molecule has 0 aliphatic rings. The molecule has 0 saturated heterocycles. The van der Waals surface area contributed by atoms with Gasteiger partial charge in [0, 0.05) is 6.42 Å². The molecule has 0 heterocycles. The van der Waals surface area contributed by atoms with Gasteiger partial charge in [0.1, 0.15) is 17.1 Å². The van der Waals surface area contributed by atoms with E-state index in [1.54, 1.807) is 0 Å². The highest BCUT2D eigenvalue weighted by Crippen LogP contribution is 2.64. The van der Waals surface area contributed by atoms with Gasteiger partial charge in [-0.25, -0.2) is 0 Å². The number of hydrogen-bond acceptors (Lipinski definition) is 3. The van der Waals surface area contributed by atoms with Gasteiger partial charge in [-0.15, -0.1) is 0 Å². The molecule has 1 N–H and O–H groups in total. The average molecular weight is 766 g/mol. The quantitative estimate of drug-likeness (QED) is 0.131. The lowest BCUT2D eigenvalue weighted by Crippen LogP contribution is -2.74. The summed E-state index contributed by atoms with van der Waals surface area (Å²) in [5, 5.41) is 11.9. The molecule has 3 nitrogen and oxygen atoms in total. The van der Waals surface area contributed by atoms with E-state index in [1.807, 2.05) is 0 Å². The maximum absolute atomic E-state index is 14.5. The van der Waals surface area contributed by atoms with Crippen molar-refractivity contribution >= 4 is 0 Å². The van der Waals surface area contributed by atoms with E-state index in [2.05, 4.69) is 0 Å². The summed E-state index contributed by atoms with van der Waals surface area (Å²) in [6.07, 6.45) is -11.9. The van der Waals surface area contributed by atoms with Gasteiger partial charge < -0.3 is 14.6 Å². The second-order valence-corrected chi connectivity index (χ2v) is 11.0. The fraction of sp³-hybridized carbons (Fsp3) is 0.419. The van der Waals surface area contributed by atoms with Crippen molar-refractivity contribution in [3.05, 3.63) is 95.1 Å². The number of aryl methyl sites for hydroxylation is 1. The van der Waals surface area contributed by atoms with E-state index in [9.17, 15) is 79.7 Å². The van der Waals surface area contributed by atoms with Crippen molar-refractivity contribution in [2.45, 2.75) is 66.1 Å². The molecule has 0 aliphatic carbocycles. The van der Waals surface area contributed by atoms with Gasteiger partial charge in [-0.2, -0.15) is 74.6 Å². The van der Waals surface area contributed by atoms with Gasteiger partial charge in [0.05, 0.1) is 14.2 Å². The van der Waals surface area contributed by atoms with Crippen molar-refractivity contribution in [3.63, 3.8) is 0 Å². The van der Waals surface area contributed by atoms with Crippen LogP contribution in [0.5, 0.6) is 11.5 Å². The summed E-state index contributed by atoms with van der Waals surface area (Å²) in [5.41, 5.74) is -2.16. The number of aliphatic hydroxyl groups is 1. The van der Waals surface area contributed by atoms with Gasteiger partial charge in [0.25, 0.3) is 0 Å². The molecular weight excluding hydrogens is 743 g/mol. The van der Waals surface area contributed by atoms with Gasteiger partial charge in [-0.3, -0.25) is 0 Å². The Kier molecular flexibility index (Phi) is 10.7. The second-order valence-electron chi connectivity index (χ2n) is 11.0. The van der Waals surface area contributed by atoms with Crippen LogP contribution in [-0.4, -0.2) is 67.0 Å². The third-order valence-corrected chi connectivity index (χ3v) is 7.90. The van der Waals surface area contributed by atoms with E-state index in [-0.39, 0.29) is 16.7 Å². The Balaban J connectivity index is 1.95. The average Bonchev–Trinajstić information content (AvgIpc) is 3.06. The first kappa shape index (κ1) is 41.5. The number of ether oxygens (including phenoxy) is 2. The highest BCUT2D eigenvalue weighted by Gasteiger charge is 2.95. The van der Waals surface area contributed by atoms with Crippen molar-refractivity contribution in [1.29, 1.82) is 0 Å². The van der Waals surface area contributed by atoms with Crippen molar-refractivity contribution in [3.8, 4) is 11.5 Å². The molecule has 20 heteroatoms. The zero-order valence-corrected chi connectivity index (χ0v) is 25.5. The summed E-state index contributed by atoms with van der Waals surface area (Å²) in [5.74, 6) is -56.0. The molecule has 0 fully saturated rings. The Bertz CT molecular complexity index is 1590. The molecular formula is C31H23F17O3. The maximum Gasteiger partial charge on any atom is 0.460 e. The van der Waals surface area contributed by atoms with Crippen LogP contribution < -0.4 is 9.47 Å². The Morgan fingerprint density at radius 1 is 0.431 bits per heavy atom. The third-order valence-electron chi connectivity index (χ3n) is 7.90. The van der Waals surface area contributed by atoms with Crippen molar-refractivity contribution in [2.24, 2.45) is 0 Å². The SMILES string of the molecule is COc1ccc(C(O)(c2ccc(CCC(F)(F)C(F)(F)C(F)(F)C(F)(F)C(F)(F)C(F)(F)C(F)(F)C(F)(F)F)cc2)c2ccc(OC)cc2)cc1. The molecule has 0 aliphatic heterocycles. The first-order valence-electron chi connectivity index (χ1n) is 13.8. The van der Waals surface area contributed by atoms with Gasteiger partial charge in [-0.1, -0.05) is 48.5 Å². The number of benzene rings is 3. The van der Waals surface area contributed by atoms with Gasteiger partial charge in [0.2, 0.25) is 0 Å². The van der Waals surface area contributed by atoms with Gasteiger partial charge in [0.15, 0.2) is 0 Å². The lowest BCUT2D eigenvalue weighted by atomic mass is 9.80. The Hall–Kier alpha value is -3.97. The Labute approximate surface area is 276 Å². The number of hydrogen-bond donors (Lipinski definition) is 1. The maximum atomic E-state index is 14.5. The van der Waals surface area contributed by atoms with Crippen molar-refractivity contribution in [2.75, 3.05) is 14.2 Å². The predicted molar refractivity (Wildman–Crippen MR) is 144 cm³/mol. The minimum absolute atomic E-state index is 0.0244. The predicted octanol–water partition coefficient (Wildman–Crippen LogP) is 9.93. The van der Waals surface area contributed by atoms with Crippen LogP contribution in [0.3, 0.4) is 0 Å². The molecule has 3 rings (SSSR count). The normalized spacial score (nSPS) is 14.4.